The van der Waals surface area contributed by atoms with Crippen LogP contribution >= 0.6 is 11.8 Å². The highest BCUT2D eigenvalue weighted by Gasteiger charge is 2.39. The van der Waals surface area contributed by atoms with Gasteiger partial charge in [0.25, 0.3) is 0 Å². The average Bonchev–Trinajstić information content (AvgIpc) is 2.94. The van der Waals surface area contributed by atoms with Crippen molar-refractivity contribution in [2.45, 2.75) is 42.4 Å². The Morgan fingerprint density at radius 2 is 2.00 bits per heavy atom. The summed E-state index contributed by atoms with van der Waals surface area (Å²) in [5, 5.41) is 4.10. The summed E-state index contributed by atoms with van der Waals surface area (Å²) in [5.74, 6) is 2.07. The number of fused-ring (bicyclic) bond motifs is 2. The summed E-state index contributed by atoms with van der Waals surface area (Å²) >= 11 is 2.12. The van der Waals surface area contributed by atoms with Crippen LogP contribution in [0.2, 0.25) is 0 Å². The molecule has 0 saturated heterocycles. The maximum absolute atomic E-state index is 3.19. The minimum Gasteiger partial charge on any atom is -0.316 e. The lowest BCUT2D eigenvalue weighted by molar-refractivity contribution is 0.492. The van der Waals surface area contributed by atoms with Gasteiger partial charge in [-0.2, -0.15) is 0 Å². The molecule has 3 rings (SSSR count). The summed E-state index contributed by atoms with van der Waals surface area (Å²) in [6, 6.07) is 9.10. The van der Waals surface area contributed by atoms with E-state index in [1.807, 2.05) is 7.05 Å². The second-order valence-electron chi connectivity index (χ2n) is 5.51. The molecule has 2 bridgehead atoms. The predicted molar refractivity (Wildman–Crippen MR) is 74.3 cm³/mol. The maximum Gasteiger partial charge on any atom is 0.0202 e. The molecule has 3 atom stereocenters. The Morgan fingerprint density at radius 3 is 2.59 bits per heavy atom. The molecule has 2 saturated carbocycles. The Kier molecular flexibility index (Phi) is 3.44. The molecule has 1 nitrogen and oxygen atoms in total. The highest BCUT2D eigenvalue weighted by atomic mass is 32.2. The summed E-state index contributed by atoms with van der Waals surface area (Å²) in [7, 11) is 2.00. The molecule has 0 radical (unpaired) electrons. The van der Waals surface area contributed by atoms with Gasteiger partial charge in [0.05, 0.1) is 0 Å². The minimum atomic E-state index is 0.906. The van der Waals surface area contributed by atoms with E-state index in [0.717, 1.165) is 23.6 Å². The van der Waals surface area contributed by atoms with E-state index < -0.39 is 0 Å². The quantitative estimate of drug-likeness (QED) is 0.871. The van der Waals surface area contributed by atoms with Crippen molar-refractivity contribution in [3.63, 3.8) is 0 Å². The lowest BCUT2D eigenvalue weighted by Gasteiger charge is -2.21. The molecule has 0 amide bonds. The van der Waals surface area contributed by atoms with Crippen LogP contribution in [0.25, 0.3) is 0 Å². The van der Waals surface area contributed by atoms with Gasteiger partial charge in [-0.15, -0.1) is 11.8 Å². The third-order valence-corrected chi connectivity index (χ3v) is 5.69. The van der Waals surface area contributed by atoms with Gasteiger partial charge in [-0.3, -0.25) is 0 Å². The van der Waals surface area contributed by atoms with Crippen molar-refractivity contribution in [2.24, 2.45) is 11.8 Å². The van der Waals surface area contributed by atoms with Crippen molar-refractivity contribution in [1.82, 2.24) is 5.32 Å². The van der Waals surface area contributed by atoms with E-state index in [2.05, 4.69) is 41.3 Å². The fraction of sp³-hybridized carbons (Fsp3) is 0.600. The zero-order valence-electron chi connectivity index (χ0n) is 10.5. The fourth-order valence-corrected chi connectivity index (χ4v) is 4.85. The van der Waals surface area contributed by atoms with Gasteiger partial charge < -0.3 is 5.32 Å². The summed E-state index contributed by atoms with van der Waals surface area (Å²) in [6.07, 6.45) is 5.96. The third-order valence-electron chi connectivity index (χ3n) is 4.26. The lowest BCUT2D eigenvalue weighted by Crippen LogP contribution is -2.12. The molecule has 17 heavy (non-hydrogen) atoms. The zero-order chi connectivity index (χ0) is 11.7. The first-order valence-corrected chi connectivity index (χ1v) is 7.63. The SMILES string of the molecule is CNCc1ccc(SC2CC3CCC2C3)cc1. The number of benzene rings is 1. The van der Waals surface area contributed by atoms with Crippen LogP contribution < -0.4 is 5.32 Å². The van der Waals surface area contributed by atoms with Gasteiger partial charge in [0.1, 0.15) is 0 Å². The van der Waals surface area contributed by atoms with Gasteiger partial charge in [-0.05, 0) is 55.8 Å². The first-order chi connectivity index (χ1) is 8.35. The normalized spacial score (nSPS) is 31.0. The number of nitrogens with one attached hydrogen (secondary N) is 1. The Labute approximate surface area is 108 Å². The standard InChI is InChI=1S/C15H21NS/c1-16-10-11-3-6-14(7-4-11)17-15-9-12-2-5-13(15)8-12/h3-4,6-7,12-13,15-16H,2,5,8-10H2,1H3. The number of thioether (sulfide) groups is 1. The van der Waals surface area contributed by atoms with Crippen LogP contribution in [0.3, 0.4) is 0 Å². The molecule has 2 heteroatoms. The van der Waals surface area contributed by atoms with Gasteiger partial charge in [0.2, 0.25) is 0 Å². The molecule has 0 aromatic heterocycles. The van der Waals surface area contributed by atoms with Crippen molar-refractivity contribution in [3.05, 3.63) is 29.8 Å². The van der Waals surface area contributed by atoms with Gasteiger partial charge in [-0.1, -0.05) is 18.6 Å². The topological polar surface area (TPSA) is 12.0 Å². The minimum absolute atomic E-state index is 0.906. The predicted octanol–water partition coefficient (Wildman–Crippen LogP) is 3.69. The Bertz CT molecular complexity index is 373. The maximum atomic E-state index is 3.19. The van der Waals surface area contributed by atoms with Crippen LogP contribution in [0.15, 0.2) is 29.2 Å². The Hall–Kier alpha value is -0.470. The van der Waals surface area contributed by atoms with Gasteiger partial charge in [0.15, 0.2) is 0 Å². The molecule has 1 aromatic rings. The molecular weight excluding hydrogens is 226 g/mol. The number of hydrogen-bond acceptors (Lipinski definition) is 2. The molecule has 2 fully saturated rings. The monoisotopic (exact) mass is 247 g/mol. The van der Waals surface area contributed by atoms with Crippen LogP contribution in [0.1, 0.15) is 31.2 Å². The Balaban J connectivity index is 1.61. The fourth-order valence-electron chi connectivity index (χ4n) is 3.40. The highest BCUT2D eigenvalue weighted by molar-refractivity contribution is 8.00. The van der Waals surface area contributed by atoms with Crippen LogP contribution in [0.4, 0.5) is 0 Å². The molecule has 92 valence electrons. The number of hydrogen-bond donors (Lipinski definition) is 1. The molecule has 1 aromatic carbocycles. The first kappa shape index (κ1) is 11.6. The van der Waals surface area contributed by atoms with Crippen LogP contribution in [-0.2, 0) is 6.54 Å². The summed E-state index contributed by atoms with van der Waals surface area (Å²) in [6.45, 7) is 0.971. The molecule has 1 N–H and O–H groups in total. The molecule has 2 aliphatic rings. The van der Waals surface area contributed by atoms with Crippen molar-refractivity contribution in [2.75, 3.05) is 7.05 Å². The number of rotatable bonds is 4. The van der Waals surface area contributed by atoms with E-state index in [-0.39, 0.29) is 0 Å². The summed E-state index contributed by atoms with van der Waals surface area (Å²) in [5.41, 5.74) is 1.38. The van der Waals surface area contributed by atoms with E-state index in [1.54, 1.807) is 0 Å². The van der Waals surface area contributed by atoms with E-state index in [9.17, 15) is 0 Å². The van der Waals surface area contributed by atoms with Crippen molar-refractivity contribution in [1.29, 1.82) is 0 Å². The van der Waals surface area contributed by atoms with Gasteiger partial charge in [0, 0.05) is 16.7 Å². The first-order valence-electron chi connectivity index (χ1n) is 6.75. The van der Waals surface area contributed by atoms with E-state index in [1.165, 1.54) is 36.1 Å². The van der Waals surface area contributed by atoms with E-state index in [4.69, 9.17) is 0 Å². The molecule has 0 aliphatic heterocycles. The average molecular weight is 247 g/mol. The molecule has 0 heterocycles. The van der Waals surface area contributed by atoms with Crippen LogP contribution in [0.5, 0.6) is 0 Å². The molecule has 2 aliphatic carbocycles. The smallest absolute Gasteiger partial charge is 0.0202 e. The van der Waals surface area contributed by atoms with Crippen molar-refractivity contribution in [3.8, 4) is 0 Å². The third kappa shape index (κ3) is 2.53. The van der Waals surface area contributed by atoms with Gasteiger partial charge >= 0.3 is 0 Å². The Morgan fingerprint density at radius 1 is 1.18 bits per heavy atom. The second kappa shape index (κ2) is 5.03. The van der Waals surface area contributed by atoms with Crippen molar-refractivity contribution >= 4 is 11.8 Å². The highest BCUT2D eigenvalue weighted by Crippen LogP contribution is 2.50. The van der Waals surface area contributed by atoms with Gasteiger partial charge in [-0.25, -0.2) is 0 Å². The largest absolute Gasteiger partial charge is 0.316 e. The lowest BCUT2D eigenvalue weighted by atomic mass is 10.0. The molecular formula is C15H21NS. The zero-order valence-corrected chi connectivity index (χ0v) is 11.3. The van der Waals surface area contributed by atoms with Crippen LogP contribution in [0, 0.1) is 11.8 Å². The van der Waals surface area contributed by atoms with E-state index >= 15 is 0 Å². The second-order valence-corrected chi connectivity index (χ2v) is 6.82. The van der Waals surface area contributed by atoms with Crippen molar-refractivity contribution < 1.29 is 0 Å². The summed E-state index contributed by atoms with van der Waals surface area (Å²) < 4.78 is 0. The van der Waals surface area contributed by atoms with E-state index in [0.29, 0.717) is 0 Å². The summed E-state index contributed by atoms with van der Waals surface area (Å²) in [4.78, 5) is 1.46. The molecule has 3 unspecified atom stereocenters. The van der Waals surface area contributed by atoms with Crippen LogP contribution in [-0.4, -0.2) is 12.3 Å². The molecule has 0 spiro atoms.